The highest BCUT2D eigenvalue weighted by Crippen LogP contribution is 2.26. The molecule has 2 amide bonds. The lowest BCUT2D eigenvalue weighted by atomic mass is 10.2. The van der Waals surface area contributed by atoms with E-state index < -0.39 is 6.09 Å². The summed E-state index contributed by atoms with van der Waals surface area (Å²) in [6.45, 7) is 2.42. The predicted octanol–water partition coefficient (Wildman–Crippen LogP) is 3.01. The van der Waals surface area contributed by atoms with E-state index in [1.165, 1.54) is 0 Å². The second-order valence-corrected chi connectivity index (χ2v) is 7.39. The summed E-state index contributed by atoms with van der Waals surface area (Å²) in [7, 11) is 1.59. The lowest BCUT2D eigenvalue weighted by molar-refractivity contribution is -0.140. The maximum absolute atomic E-state index is 12.5. The number of nitrogens with one attached hydrogen (secondary N) is 1. The average Bonchev–Trinajstić information content (AvgIpc) is 2.85. The Morgan fingerprint density at radius 3 is 2.62 bits per heavy atom. The van der Waals surface area contributed by atoms with Gasteiger partial charge in [0.2, 0.25) is 5.91 Å². The van der Waals surface area contributed by atoms with Crippen molar-refractivity contribution in [3.8, 4) is 11.5 Å². The fourth-order valence-corrected chi connectivity index (χ4v) is 3.33. The van der Waals surface area contributed by atoms with Crippen molar-refractivity contribution in [3.05, 3.63) is 60.2 Å². The Kier molecular flexibility index (Phi) is 9.19. The molecule has 32 heavy (non-hydrogen) atoms. The van der Waals surface area contributed by atoms with E-state index >= 15 is 0 Å². The van der Waals surface area contributed by atoms with Crippen molar-refractivity contribution in [2.75, 3.05) is 40.0 Å². The van der Waals surface area contributed by atoms with Crippen LogP contribution in [0.2, 0.25) is 0 Å². The molecule has 1 fully saturated rings. The highest BCUT2D eigenvalue weighted by atomic mass is 16.6. The summed E-state index contributed by atoms with van der Waals surface area (Å²) >= 11 is 0. The Balaban J connectivity index is 1.32. The number of ether oxygens (including phenoxy) is 4. The molecule has 0 aliphatic carbocycles. The van der Waals surface area contributed by atoms with Crippen LogP contribution in [0.3, 0.4) is 0 Å². The van der Waals surface area contributed by atoms with Gasteiger partial charge in [-0.2, -0.15) is 0 Å². The van der Waals surface area contributed by atoms with Crippen LogP contribution in [0.5, 0.6) is 11.5 Å². The van der Waals surface area contributed by atoms with E-state index in [1.807, 2.05) is 54.6 Å². The van der Waals surface area contributed by atoms with E-state index in [0.29, 0.717) is 57.2 Å². The molecule has 8 nitrogen and oxygen atoms in total. The van der Waals surface area contributed by atoms with Gasteiger partial charge >= 0.3 is 6.09 Å². The number of hydrogen-bond acceptors (Lipinski definition) is 6. The van der Waals surface area contributed by atoms with Gasteiger partial charge in [0, 0.05) is 19.5 Å². The highest BCUT2D eigenvalue weighted by Gasteiger charge is 2.24. The lowest BCUT2D eigenvalue weighted by Crippen LogP contribution is -2.47. The number of amides is 2. The van der Waals surface area contributed by atoms with Crippen molar-refractivity contribution >= 4 is 12.0 Å². The molecule has 1 heterocycles. The van der Waals surface area contributed by atoms with E-state index in [9.17, 15) is 9.59 Å². The normalized spacial score (nSPS) is 15.7. The van der Waals surface area contributed by atoms with Crippen molar-refractivity contribution in [2.45, 2.75) is 25.6 Å². The molecule has 0 radical (unpaired) electrons. The van der Waals surface area contributed by atoms with Crippen LogP contribution in [0.4, 0.5) is 4.79 Å². The number of morpholine rings is 1. The van der Waals surface area contributed by atoms with Gasteiger partial charge < -0.3 is 29.2 Å². The molecular formula is C24H30N2O6. The van der Waals surface area contributed by atoms with E-state index in [-0.39, 0.29) is 18.6 Å². The van der Waals surface area contributed by atoms with Gasteiger partial charge in [0.25, 0.3) is 0 Å². The van der Waals surface area contributed by atoms with Gasteiger partial charge in [-0.05, 0) is 24.1 Å². The summed E-state index contributed by atoms with van der Waals surface area (Å²) in [6.07, 6.45) is 0.197. The maximum atomic E-state index is 12.5. The summed E-state index contributed by atoms with van der Waals surface area (Å²) < 4.78 is 22.0. The molecule has 1 saturated heterocycles. The molecule has 0 bridgehead atoms. The van der Waals surface area contributed by atoms with Crippen LogP contribution in [0.1, 0.15) is 18.4 Å². The number of benzene rings is 2. The molecule has 2 aromatic carbocycles. The number of para-hydroxylation sites is 2. The Bertz CT molecular complexity index is 861. The van der Waals surface area contributed by atoms with Gasteiger partial charge in [0.15, 0.2) is 11.5 Å². The van der Waals surface area contributed by atoms with Crippen LogP contribution < -0.4 is 14.8 Å². The number of nitrogens with zero attached hydrogens (tertiary/aromatic N) is 1. The molecule has 0 spiro atoms. The minimum absolute atomic E-state index is 0.0371. The molecule has 2 aromatic rings. The fraction of sp³-hybridized carbons (Fsp3) is 0.417. The molecule has 1 N–H and O–H groups in total. The molecule has 1 aliphatic rings. The van der Waals surface area contributed by atoms with Gasteiger partial charge in [-0.1, -0.05) is 42.5 Å². The SMILES string of the molecule is COc1ccccc1OC[C@H]1CN(C(=O)CCCNC(=O)OCc2ccccc2)CCO1. The number of methoxy groups -OCH3 is 1. The van der Waals surface area contributed by atoms with Crippen molar-refractivity contribution < 1.29 is 28.5 Å². The summed E-state index contributed by atoms with van der Waals surface area (Å²) in [4.78, 5) is 26.1. The third kappa shape index (κ3) is 7.46. The van der Waals surface area contributed by atoms with Crippen LogP contribution in [0.15, 0.2) is 54.6 Å². The van der Waals surface area contributed by atoms with Crippen molar-refractivity contribution in [2.24, 2.45) is 0 Å². The first-order valence-corrected chi connectivity index (χ1v) is 10.8. The first-order valence-electron chi connectivity index (χ1n) is 10.8. The largest absolute Gasteiger partial charge is 0.493 e. The Morgan fingerprint density at radius 2 is 1.84 bits per heavy atom. The number of carbonyl (C=O) groups excluding carboxylic acids is 2. The molecule has 0 saturated carbocycles. The van der Waals surface area contributed by atoms with E-state index in [0.717, 1.165) is 5.56 Å². The smallest absolute Gasteiger partial charge is 0.407 e. The average molecular weight is 443 g/mol. The minimum Gasteiger partial charge on any atom is -0.493 e. The van der Waals surface area contributed by atoms with Gasteiger partial charge in [-0.25, -0.2) is 4.79 Å². The minimum atomic E-state index is -0.485. The zero-order chi connectivity index (χ0) is 22.6. The van der Waals surface area contributed by atoms with Gasteiger partial charge in [0.05, 0.1) is 20.3 Å². The molecule has 1 atom stereocenters. The number of hydrogen-bond donors (Lipinski definition) is 1. The fourth-order valence-electron chi connectivity index (χ4n) is 3.33. The molecule has 0 aromatic heterocycles. The third-order valence-corrected chi connectivity index (χ3v) is 5.03. The monoisotopic (exact) mass is 442 g/mol. The highest BCUT2D eigenvalue weighted by molar-refractivity contribution is 5.76. The quantitative estimate of drug-likeness (QED) is 0.570. The van der Waals surface area contributed by atoms with Crippen LogP contribution in [-0.4, -0.2) is 63.0 Å². The number of rotatable bonds is 10. The van der Waals surface area contributed by atoms with Gasteiger partial charge in [0.1, 0.15) is 19.3 Å². The summed E-state index contributed by atoms with van der Waals surface area (Å²) in [5.41, 5.74) is 0.925. The van der Waals surface area contributed by atoms with Crippen LogP contribution >= 0.6 is 0 Å². The molecule has 8 heteroatoms. The number of alkyl carbamates (subject to hydrolysis) is 1. The van der Waals surface area contributed by atoms with Crippen molar-refractivity contribution in [1.82, 2.24) is 10.2 Å². The Hall–Kier alpha value is -3.26. The van der Waals surface area contributed by atoms with Crippen molar-refractivity contribution in [1.29, 1.82) is 0 Å². The van der Waals surface area contributed by atoms with E-state index in [4.69, 9.17) is 18.9 Å². The first kappa shape index (κ1) is 23.4. The summed E-state index contributed by atoms with van der Waals surface area (Å²) in [5, 5.41) is 2.68. The van der Waals surface area contributed by atoms with Crippen LogP contribution in [0.25, 0.3) is 0 Å². The Labute approximate surface area is 188 Å². The predicted molar refractivity (Wildman–Crippen MR) is 119 cm³/mol. The Morgan fingerprint density at radius 1 is 1.09 bits per heavy atom. The molecule has 1 aliphatic heterocycles. The molecule has 3 rings (SSSR count). The van der Waals surface area contributed by atoms with Crippen LogP contribution in [-0.2, 0) is 20.9 Å². The van der Waals surface area contributed by atoms with E-state index in [2.05, 4.69) is 5.32 Å². The lowest BCUT2D eigenvalue weighted by Gasteiger charge is -2.33. The van der Waals surface area contributed by atoms with Gasteiger partial charge in [-0.15, -0.1) is 0 Å². The molecular weight excluding hydrogens is 412 g/mol. The standard InChI is InChI=1S/C24H30N2O6/c1-29-21-10-5-6-11-22(21)31-18-20-16-26(14-15-30-20)23(27)12-7-13-25-24(28)32-17-19-8-3-2-4-9-19/h2-6,8-11,20H,7,12-18H2,1H3,(H,25,28)/t20-/m1/s1. The third-order valence-electron chi connectivity index (χ3n) is 5.03. The van der Waals surface area contributed by atoms with Crippen LogP contribution in [0, 0.1) is 0 Å². The van der Waals surface area contributed by atoms with E-state index in [1.54, 1.807) is 12.0 Å². The first-order chi connectivity index (χ1) is 15.7. The second-order valence-electron chi connectivity index (χ2n) is 7.39. The second kappa shape index (κ2) is 12.6. The molecule has 172 valence electrons. The number of carbonyl (C=O) groups is 2. The zero-order valence-corrected chi connectivity index (χ0v) is 18.3. The maximum Gasteiger partial charge on any atom is 0.407 e. The van der Waals surface area contributed by atoms with Crippen molar-refractivity contribution in [3.63, 3.8) is 0 Å². The summed E-state index contributed by atoms with van der Waals surface area (Å²) in [6, 6.07) is 16.9. The zero-order valence-electron chi connectivity index (χ0n) is 18.3. The topological polar surface area (TPSA) is 86.3 Å². The van der Waals surface area contributed by atoms with Gasteiger partial charge in [-0.3, -0.25) is 4.79 Å². The summed E-state index contributed by atoms with van der Waals surface area (Å²) in [5.74, 6) is 1.34. The molecule has 0 unspecified atom stereocenters.